The first-order valence-corrected chi connectivity index (χ1v) is 6.30. The average molecular weight is 299 g/mol. The lowest BCUT2D eigenvalue weighted by molar-refractivity contribution is -0.140. The summed E-state index contributed by atoms with van der Waals surface area (Å²) in [5.74, 6) is -0.624. The smallest absolute Gasteiger partial charge is 0.379 e. The van der Waals surface area contributed by atoms with E-state index in [1.165, 1.54) is 31.2 Å². The Morgan fingerprint density at radius 1 is 1.05 bits per heavy atom. The minimum Gasteiger partial charge on any atom is -0.379 e. The second-order valence-corrected chi connectivity index (χ2v) is 4.62. The van der Waals surface area contributed by atoms with E-state index in [1.54, 1.807) is 0 Å². The Morgan fingerprint density at radius 2 is 1.67 bits per heavy atom. The molecule has 6 heteroatoms. The third kappa shape index (κ3) is 2.90. The van der Waals surface area contributed by atoms with Crippen molar-refractivity contribution in [3.63, 3.8) is 0 Å². The molecule has 112 valence electrons. The van der Waals surface area contributed by atoms with Gasteiger partial charge in [-0.25, -0.2) is 4.39 Å². The lowest BCUT2D eigenvalue weighted by Crippen LogP contribution is -2.30. The Bertz CT molecular complexity index is 624. The highest BCUT2D eigenvalue weighted by Crippen LogP contribution is 2.40. The molecule has 1 unspecified atom stereocenters. The molecule has 1 heterocycles. The summed E-state index contributed by atoms with van der Waals surface area (Å²) in [5, 5.41) is 10.7. The summed E-state index contributed by atoms with van der Waals surface area (Å²) in [7, 11) is 0. The van der Waals surface area contributed by atoms with Crippen LogP contribution in [0, 0.1) is 5.82 Å². The summed E-state index contributed by atoms with van der Waals surface area (Å²) < 4.78 is 52.2. The molecule has 0 aliphatic heterocycles. The summed E-state index contributed by atoms with van der Waals surface area (Å²) in [6.07, 6.45) is -3.76. The van der Waals surface area contributed by atoms with Crippen molar-refractivity contribution >= 4 is 0 Å². The van der Waals surface area contributed by atoms with Crippen molar-refractivity contribution in [2.75, 3.05) is 0 Å². The first-order chi connectivity index (χ1) is 9.79. The number of alkyl halides is 3. The predicted molar refractivity (Wildman–Crippen MR) is 68.9 cm³/mol. The maximum atomic E-state index is 13.1. The number of aromatic nitrogens is 1. The Kier molecular flexibility index (Phi) is 4.00. The molecule has 2 rings (SSSR count). The zero-order valence-corrected chi connectivity index (χ0v) is 11.2. The first kappa shape index (κ1) is 15.4. The second kappa shape index (κ2) is 5.44. The van der Waals surface area contributed by atoms with Gasteiger partial charge in [-0.1, -0.05) is 25.1 Å². The SMILES string of the molecule is CCC(O)(c1ccc(F)cn1)c1ccccc1C(F)(F)F. The van der Waals surface area contributed by atoms with E-state index in [4.69, 9.17) is 0 Å². The number of benzene rings is 1. The maximum Gasteiger partial charge on any atom is 0.416 e. The Morgan fingerprint density at radius 3 is 2.14 bits per heavy atom. The van der Waals surface area contributed by atoms with E-state index in [-0.39, 0.29) is 17.7 Å². The van der Waals surface area contributed by atoms with Gasteiger partial charge in [-0.2, -0.15) is 13.2 Å². The molecule has 2 nitrogen and oxygen atoms in total. The summed E-state index contributed by atoms with van der Waals surface area (Å²) >= 11 is 0. The van der Waals surface area contributed by atoms with Gasteiger partial charge < -0.3 is 5.11 Å². The van der Waals surface area contributed by atoms with Gasteiger partial charge >= 0.3 is 6.18 Å². The van der Waals surface area contributed by atoms with Gasteiger partial charge in [0, 0.05) is 5.56 Å². The predicted octanol–water partition coefficient (Wildman–Crippen LogP) is 3.89. The molecule has 1 aromatic carbocycles. The minimum absolute atomic E-state index is 0.0249. The fourth-order valence-corrected chi connectivity index (χ4v) is 2.22. The summed E-state index contributed by atoms with van der Waals surface area (Å²) in [4.78, 5) is 3.73. The molecule has 1 aromatic heterocycles. The lowest BCUT2D eigenvalue weighted by atomic mass is 9.84. The van der Waals surface area contributed by atoms with E-state index in [9.17, 15) is 22.7 Å². The number of pyridine rings is 1. The van der Waals surface area contributed by atoms with Gasteiger partial charge in [0.2, 0.25) is 0 Å². The molecule has 0 aliphatic rings. The monoisotopic (exact) mass is 299 g/mol. The zero-order valence-electron chi connectivity index (χ0n) is 11.2. The van der Waals surface area contributed by atoms with Gasteiger partial charge in [0.15, 0.2) is 0 Å². The number of nitrogens with zero attached hydrogens (tertiary/aromatic N) is 1. The molecule has 1 N–H and O–H groups in total. The highest BCUT2D eigenvalue weighted by molar-refractivity contribution is 5.40. The van der Waals surface area contributed by atoms with Gasteiger partial charge in [0.25, 0.3) is 0 Å². The van der Waals surface area contributed by atoms with Crippen LogP contribution < -0.4 is 0 Å². The van der Waals surface area contributed by atoms with Crippen LogP contribution in [0.3, 0.4) is 0 Å². The molecule has 21 heavy (non-hydrogen) atoms. The van der Waals surface area contributed by atoms with Crippen LogP contribution in [-0.2, 0) is 11.8 Å². The maximum absolute atomic E-state index is 13.1. The van der Waals surface area contributed by atoms with Gasteiger partial charge in [-0.05, 0) is 24.6 Å². The number of hydrogen-bond donors (Lipinski definition) is 1. The van der Waals surface area contributed by atoms with Crippen LogP contribution in [0.2, 0.25) is 0 Å². The van der Waals surface area contributed by atoms with Crippen LogP contribution in [0.4, 0.5) is 17.6 Å². The summed E-state index contributed by atoms with van der Waals surface area (Å²) in [6, 6.07) is 7.01. The first-order valence-electron chi connectivity index (χ1n) is 6.30. The quantitative estimate of drug-likeness (QED) is 0.872. The third-order valence-electron chi connectivity index (χ3n) is 3.34. The van der Waals surface area contributed by atoms with Crippen LogP contribution in [0.5, 0.6) is 0 Å². The number of aliphatic hydroxyl groups is 1. The van der Waals surface area contributed by atoms with Gasteiger partial charge in [-0.15, -0.1) is 0 Å². The van der Waals surface area contributed by atoms with Crippen LogP contribution in [0.25, 0.3) is 0 Å². The zero-order chi connectivity index (χ0) is 15.7. The fraction of sp³-hybridized carbons (Fsp3) is 0.267. The van der Waals surface area contributed by atoms with E-state index in [2.05, 4.69) is 4.98 Å². The van der Waals surface area contributed by atoms with Gasteiger partial charge in [0.1, 0.15) is 11.4 Å². The third-order valence-corrected chi connectivity index (χ3v) is 3.34. The van der Waals surface area contributed by atoms with Gasteiger partial charge in [-0.3, -0.25) is 4.98 Å². The molecule has 2 aromatic rings. The molecule has 0 saturated carbocycles. The normalized spacial score (nSPS) is 14.8. The van der Waals surface area contributed by atoms with Crippen molar-refractivity contribution in [1.29, 1.82) is 0 Å². The largest absolute Gasteiger partial charge is 0.416 e. The minimum atomic E-state index is -4.60. The number of hydrogen-bond acceptors (Lipinski definition) is 2. The highest BCUT2D eigenvalue weighted by atomic mass is 19.4. The molecule has 1 atom stereocenters. The van der Waals surface area contributed by atoms with Crippen molar-refractivity contribution in [3.8, 4) is 0 Å². The topological polar surface area (TPSA) is 33.1 Å². The Hall–Kier alpha value is -1.95. The average Bonchev–Trinajstić information content (AvgIpc) is 2.46. The fourth-order valence-electron chi connectivity index (χ4n) is 2.22. The summed E-state index contributed by atoms with van der Waals surface area (Å²) in [6.45, 7) is 1.54. The molecule has 0 fully saturated rings. The molecular weight excluding hydrogens is 286 g/mol. The van der Waals surface area contributed by atoms with Gasteiger partial charge in [0.05, 0.1) is 17.5 Å². The standard InChI is InChI=1S/C15H13F4NO/c1-2-14(21,13-8-7-10(16)9-20-13)11-5-3-4-6-12(11)15(17,18)19/h3-9,21H,2H2,1H3. The van der Waals surface area contributed by atoms with E-state index >= 15 is 0 Å². The van der Waals surface area contributed by atoms with Crippen molar-refractivity contribution < 1.29 is 22.7 Å². The molecule has 0 radical (unpaired) electrons. The Labute approximate surface area is 119 Å². The Balaban J connectivity index is 2.63. The van der Waals surface area contributed by atoms with E-state index in [0.717, 1.165) is 18.3 Å². The molecule has 0 amide bonds. The number of halogens is 4. The molecule has 0 saturated heterocycles. The van der Waals surface area contributed by atoms with E-state index in [1.807, 2.05) is 0 Å². The van der Waals surface area contributed by atoms with Crippen molar-refractivity contribution in [3.05, 3.63) is 65.2 Å². The van der Waals surface area contributed by atoms with Crippen molar-refractivity contribution in [2.24, 2.45) is 0 Å². The number of rotatable bonds is 3. The molecule has 0 spiro atoms. The van der Waals surface area contributed by atoms with Crippen molar-refractivity contribution in [1.82, 2.24) is 4.98 Å². The van der Waals surface area contributed by atoms with Crippen LogP contribution in [0.1, 0.15) is 30.2 Å². The molecule has 0 aliphatic carbocycles. The van der Waals surface area contributed by atoms with E-state index < -0.39 is 23.2 Å². The molecular formula is C15H13F4NO. The summed E-state index contributed by atoms with van der Waals surface area (Å²) in [5.41, 5.74) is -3.18. The molecule has 0 bridgehead atoms. The van der Waals surface area contributed by atoms with Crippen LogP contribution in [-0.4, -0.2) is 10.1 Å². The van der Waals surface area contributed by atoms with Crippen LogP contribution in [0.15, 0.2) is 42.6 Å². The highest BCUT2D eigenvalue weighted by Gasteiger charge is 2.41. The van der Waals surface area contributed by atoms with Crippen LogP contribution >= 0.6 is 0 Å². The van der Waals surface area contributed by atoms with E-state index in [0.29, 0.717) is 0 Å². The second-order valence-electron chi connectivity index (χ2n) is 4.62. The van der Waals surface area contributed by atoms with Crippen molar-refractivity contribution in [2.45, 2.75) is 25.1 Å². The lowest BCUT2D eigenvalue weighted by Gasteiger charge is -2.29.